The Labute approximate surface area is 182 Å². The van der Waals surface area contributed by atoms with Gasteiger partial charge < -0.3 is 14.2 Å². The topological polar surface area (TPSA) is 71.7 Å². The summed E-state index contributed by atoms with van der Waals surface area (Å²) in [6.07, 6.45) is 0.350. The highest BCUT2D eigenvalue weighted by molar-refractivity contribution is 5.79. The first kappa shape index (κ1) is 21.1. The standard InChI is InChI=1S/C24H28N4O3/c1-17-8-10-19(11-9-17)23-25-24(31-26-23)18(2)27-12-14-28(15-13-27)22(29)16-20-6-4-5-7-21(20)30-3/h4-11,18H,12-16H2,1-3H3. The molecule has 1 unspecified atom stereocenters. The predicted octanol–water partition coefficient (Wildman–Crippen LogP) is 3.50. The van der Waals surface area contributed by atoms with Crippen LogP contribution < -0.4 is 4.74 Å². The van der Waals surface area contributed by atoms with E-state index in [1.165, 1.54) is 5.56 Å². The SMILES string of the molecule is COc1ccccc1CC(=O)N1CCN(C(C)c2nc(-c3ccc(C)cc3)no2)CC1. The Balaban J connectivity index is 1.34. The van der Waals surface area contributed by atoms with Gasteiger partial charge in [-0.15, -0.1) is 0 Å². The number of ether oxygens (including phenoxy) is 1. The largest absolute Gasteiger partial charge is 0.496 e. The van der Waals surface area contributed by atoms with Gasteiger partial charge in [0.15, 0.2) is 0 Å². The zero-order valence-electron chi connectivity index (χ0n) is 18.2. The maximum Gasteiger partial charge on any atom is 0.244 e. The first-order valence-electron chi connectivity index (χ1n) is 10.6. The molecular formula is C24H28N4O3. The maximum absolute atomic E-state index is 12.8. The summed E-state index contributed by atoms with van der Waals surface area (Å²) in [4.78, 5) is 21.6. The molecule has 0 N–H and O–H groups in total. The maximum atomic E-state index is 12.8. The van der Waals surface area contributed by atoms with E-state index < -0.39 is 0 Å². The second-order valence-corrected chi connectivity index (χ2v) is 7.90. The quantitative estimate of drug-likeness (QED) is 0.608. The van der Waals surface area contributed by atoms with Crippen LogP contribution in [0.25, 0.3) is 11.4 Å². The van der Waals surface area contributed by atoms with E-state index in [-0.39, 0.29) is 11.9 Å². The molecule has 1 aromatic heterocycles. The lowest BCUT2D eigenvalue weighted by Crippen LogP contribution is -2.49. The van der Waals surface area contributed by atoms with E-state index in [1.807, 2.05) is 60.4 Å². The van der Waals surface area contributed by atoms with Crippen molar-refractivity contribution in [2.75, 3.05) is 33.3 Å². The second kappa shape index (κ2) is 9.31. The van der Waals surface area contributed by atoms with Crippen LogP contribution in [0.1, 0.15) is 30.0 Å². The zero-order valence-corrected chi connectivity index (χ0v) is 18.2. The minimum absolute atomic E-state index is 0.00170. The van der Waals surface area contributed by atoms with E-state index in [9.17, 15) is 4.79 Å². The van der Waals surface area contributed by atoms with Crippen LogP contribution in [-0.2, 0) is 11.2 Å². The molecule has 1 fully saturated rings. The van der Waals surface area contributed by atoms with E-state index in [1.54, 1.807) is 7.11 Å². The number of piperazine rings is 1. The normalized spacial score (nSPS) is 15.6. The molecule has 2 aromatic carbocycles. The second-order valence-electron chi connectivity index (χ2n) is 7.90. The Morgan fingerprint density at radius 3 is 2.52 bits per heavy atom. The molecule has 0 saturated carbocycles. The molecule has 1 amide bonds. The molecule has 0 bridgehead atoms. The van der Waals surface area contributed by atoms with Crippen molar-refractivity contribution in [3.05, 3.63) is 65.5 Å². The van der Waals surface area contributed by atoms with Crippen molar-refractivity contribution in [3.8, 4) is 17.1 Å². The molecule has 3 aromatic rings. The number of aromatic nitrogens is 2. The third-order valence-corrected chi connectivity index (χ3v) is 5.86. The van der Waals surface area contributed by atoms with Gasteiger partial charge >= 0.3 is 0 Å². The lowest BCUT2D eigenvalue weighted by atomic mass is 10.1. The number of amides is 1. The molecule has 31 heavy (non-hydrogen) atoms. The van der Waals surface area contributed by atoms with Gasteiger partial charge in [0.25, 0.3) is 0 Å². The van der Waals surface area contributed by atoms with E-state index in [4.69, 9.17) is 9.26 Å². The van der Waals surface area contributed by atoms with Gasteiger partial charge in [0, 0.05) is 37.3 Å². The number of methoxy groups -OCH3 is 1. The lowest BCUT2D eigenvalue weighted by molar-refractivity contribution is -0.132. The summed E-state index contributed by atoms with van der Waals surface area (Å²) in [5, 5.41) is 4.15. The smallest absolute Gasteiger partial charge is 0.244 e. The summed E-state index contributed by atoms with van der Waals surface area (Å²) in [6, 6.07) is 15.7. The van der Waals surface area contributed by atoms with Crippen LogP contribution >= 0.6 is 0 Å². The lowest BCUT2D eigenvalue weighted by Gasteiger charge is -2.36. The van der Waals surface area contributed by atoms with E-state index >= 15 is 0 Å². The first-order chi connectivity index (χ1) is 15.0. The fourth-order valence-corrected chi connectivity index (χ4v) is 3.86. The zero-order chi connectivity index (χ0) is 21.8. The van der Waals surface area contributed by atoms with Crippen molar-refractivity contribution in [2.45, 2.75) is 26.3 Å². The van der Waals surface area contributed by atoms with Gasteiger partial charge in [-0.3, -0.25) is 9.69 Å². The number of benzene rings is 2. The van der Waals surface area contributed by atoms with Crippen molar-refractivity contribution in [2.24, 2.45) is 0 Å². The molecule has 7 nitrogen and oxygen atoms in total. The molecule has 0 radical (unpaired) electrons. The molecular weight excluding hydrogens is 392 g/mol. The molecule has 0 spiro atoms. The number of nitrogens with zero attached hydrogens (tertiary/aromatic N) is 4. The fraction of sp³-hybridized carbons (Fsp3) is 0.375. The third kappa shape index (κ3) is 4.77. The highest BCUT2D eigenvalue weighted by Gasteiger charge is 2.28. The minimum atomic E-state index is -0.00170. The summed E-state index contributed by atoms with van der Waals surface area (Å²) in [5.74, 6) is 2.08. The third-order valence-electron chi connectivity index (χ3n) is 5.86. The average Bonchev–Trinajstić information content (AvgIpc) is 3.30. The molecule has 7 heteroatoms. The van der Waals surface area contributed by atoms with Crippen LogP contribution in [0.3, 0.4) is 0 Å². The molecule has 4 rings (SSSR count). The van der Waals surface area contributed by atoms with Crippen molar-refractivity contribution in [3.63, 3.8) is 0 Å². The molecule has 1 saturated heterocycles. The number of hydrogen-bond acceptors (Lipinski definition) is 6. The van der Waals surface area contributed by atoms with Gasteiger partial charge in [0.1, 0.15) is 5.75 Å². The van der Waals surface area contributed by atoms with Crippen LogP contribution in [0.5, 0.6) is 5.75 Å². The Morgan fingerprint density at radius 2 is 1.81 bits per heavy atom. The van der Waals surface area contributed by atoms with Gasteiger partial charge in [0.05, 0.1) is 19.6 Å². The van der Waals surface area contributed by atoms with E-state index in [2.05, 4.69) is 22.0 Å². The number of hydrogen-bond donors (Lipinski definition) is 0. The molecule has 1 aliphatic rings. The van der Waals surface area contributed by atoms with E-state index in [0.29, 0.717) is 31.2 Å². The van der Waals surface area contributed by atoms with Crippen LogP contribution in [0.15, 0.2) is 53.1 Å². The Kier molecular flexibility index (Phi) is 6.32. The van der Waals surface area contributed by atoms with Gasteiger partial charge in [-0.25, -0.2) is 0 Å². The molecule has 0 aliphatic carbocycles. The highest BCUT2D eigenvalue weighted by atomic mass is 16.5. The van der Waals surface area contributed by atoms with Crippen LogP contribution in [0, 0.1) is 6.92 Å². The summed E-state index contributed by atoms with van der Waals surface area (Å²) < 4.78 is 10.9. The number of rotatable bonds is 6. The van der Waals surface area contributed by atoms with Crippen LogP contribution in [0.2, 0.25) is 0 Å². The van der Waals surface area contributed by atoms with Crippen LogP contribution in [-0.4, -0.2) is 59.1 Å². The molecule has 2 heterocycles. The predicted molar refractivity (Wildman–Crippen MR) is 118 cm³/mol. The van der Waals surface area contributed by atoms with Gasteiger partial charge in [-0.1, -0.05) is 53.2 Å². The van der Waals surface area contributed by atoms with Crippen molar-refractivity contribution in [1.29, 1.82) is 0 Å². The Morgan fingerprint density at radius 1 is 1.10 bits per heavy atom. The number of carbonyl (C=O) groups excluding carboxylic acids is 1. The summed E-state index contributed by atoms with van der Waals surface area (Å²) in [5.41, 5.74) is 3.05. The summed E-state index contributed by atoms with van der Waals surface area (Å²) >= 11 is 0. The molecule has 1 atom stereocenters. The first-order valence-corrected chi connectivity index (χ1v) is 10.6. The number of carbonyl (C=O) groups is 1. The van der Waals surface area contributed by atoms with Crippen molar-refractivity contribution < 1.29 is 14.1 Å². The number of aryl methyl sites for hydroxylation is 1. The van der Waals surface area contributed by atoms with Gasteiger partial charge in [-0.05, 0) is 19.9 Å². The minimum Gasteiger partial charge on any atom is -0.496 e. The average molecular weight is 421 g/mol. The fourth-order valence-electron chi connectivity index (χ4n) is 3.86. The molecule has 1 aliphatic heterocycles. The van der Waals surface area contributed by atoms with Gasteiger partial charge in [0.2, 0.25) is 17.6 Å². The molecule has 162 valence electrons. The Hall–Kier alpha value is -3.19. The highest BCUT2D eigenvalue weighted by Crippen LogP contribution is 2.24. The van der Waals surface area contributed by atoms with Crippen molar-refractivity contribution >= 4 is 5.91 Å². The summed E-state index contributed by atoms with van der Waals surface area (Å²) in [6.45, 7) is 7.00. The summed E-state index contributed by atoms with van der Waals surface area (Å²) in [7, 11) is 1.63. The van der Waals surface area contributed by atoms with Crippen molar-refractivity contribution in [1.82, 2.24) is 19.9 Å². The van der Waals surface area contributed by atoms with Gasteiger partial charge in [-0.2, -0.15) is 4.98 Å². The monoisotopic (exact) mass is 420 g/mol. The number of para-hydroxylation sites is 1. The van der Waals surface area contributed by atoms with Crippen LogP contribution in [0.4, 0.5) is 0 Å². The van der Waals surface area contributed by atoms with E-state index in [0.717, 1.165) is 30.0 Å². The Bertz CT molecular complexity index is 1020.